The van der Waals surface area contributed by atoms with Crippen molar-refractivity contribution < 1.29 is 9.59 Å². The number of fused-ring (bicyclic) bond motifs is 1. The van der Waals surface area contributed by atoms with E-state index < -0.39 is 0 Å². The smallest absolute Gasteiger partial charge is 0.224 e. The van der Waals surface area contributed by atoms with Crippen molar-refractivity contribution in [2.45, 2.75) is 19.8 Å². The number of nitrogens with zero attached hydrogens (tertiary/aromatic N) is 1. The van der Waals surface area contributed by atoms with Crippen LogP contribution in [-0.2, 0) is 4.79 Å². The van der Waals surface area contributed by atoms with E-state index in [0.717, 1.165) is 16.5 Å². The molecule has 0 saturated carbocycles. The number of amides is 1. The zero-order valence-electron chi connectivity index (χ0n) is 12.8. The number of anilines is 1. The van der Waals surface area contributed by atoms with Gasteiger partial charge in [-0.05, 0) is 30.7 Å². The number of nitrogens with one attached hydrogen (secondary N) is 2. The van der Waals surface area contributed by atoms with E-state index in [9.17, 15) is 9.59 Å². The lowest BCUT2D eigenvalue weighted by Gasteiger charge is -2.06. The van der Waals surface area contributed by atoms with Crippen molar-refractivity contribution >= 4 is 28.3 Å². The number of carbonyl (C=O) groups is 2. The first kappa shape index (κ1) is 15.0. The molecule has 3 rings (SSSR count). The highest BCUT2D eigenvalue weighted by atomic mass is 16.2. The van der Waals surface area contributed by atoms with Gasteiger partial charge in [0.25, 0.3) is 0 Å². The highest BCUT2D eigenvalue weighted by Gasteiger charge is 2.11. The quantitative estimate of drug-likeness (QED) is 0.709. The van der Waals surface area contributed by atoms with E-state index in [2.05, 4.69) is 15.5 Å². The Morgan fingerprint density at radius 1 is 1.13 bits per heavy atom. The minimum absolute atomic E-state index is 0.0118. The molecule has 0 fully saturated rings. The summed E-state index contributed by atoms with van der Waals surface area (Å²) < 4.78 is 0. The van der Waals surface area contributed by atoms with E-state index in [1.165, 1.54) is 0 Å². The zero-order valence-corrected chi connectivity index (χ0v) is 12.8. The first-order chi connectivity index (χ1) is 11.1. The maximum Gasteiger partial charge on any atom is 0.224 e. The van der Waals surface area contributed by atoms with Gasteiger partial charge >= 0.3 is 0 Å². The molecule has 0 radical (unpaired) electrons. The Kier molecular flexibility index (Phi) is 4.19. The molecule has 0 aliphatic carbocycles. The van der Waals surface area contributed by atoms with Crippen molar-refractivity contribution in [3.63, 3.8) is 0 Å². The number of H-pyrrole nitrogens is 1. The maximum atomic E-state index is 12.2. The third-order valence-corrected chi connectivity index (χ3v) is 3.75. The summed E-state index contributed by atoms with van der Waals surface area (Å²) in [4.78, 5) is 24.2. The molecule has 1 amide bonds. The predicted molar refractivity (Wildman–Crippen MR) is 89.5 cm³/mol. The molecule has 0 saturated heterocycles. The number of carbonyl (C=O) groups excluding carboxylic acids is 2. The molecule has 0 atom stereocenters. The summed E-state index contributed by atoms with van der Waals surface area (Å²) in [5, 5.41) is 10.6. The molecule has 3 aromatic rings. The molecule has 0 spiro atoms. The summed E-state index contributed by atoms with van der Waals surface area (Å²) in [7, 11) is 0. The van der Waals surface area contributed by atoms with Gasteiger partial charge in [-0.3, -0.25) is 14.7 Å². The van der Waals surface area contributed by atoms with Crippen molar-refractivity contribution in [3.05, 3.63) is 59.8 Å². The van der Waals surface area contributed by atoms with Gasteiger partial charge in [0.05, 0.1) is 11.7 Å². The molecular formula is C18H17N3O2. The average Bonchev–Trinajstić information content (AvgIpc) is 3.01. The Hall–Kier alpha value is -2.95. The third kappa shape index (κ3) is 3.45. The summed E-state index contributed by atoms with van der Waals surface area (Å²) in [6.45, 7) is 1.90. The molecule has 0 unspecified atom stereocenters. The van der Waals surface area contributed by atoms with Crippen LogP contribution >= 0.6 is 0 Å². The van der Waals surface area contributed by atoms with Crippen molar-refractivity contribution in [1.82, 2.24) is 10.2 Å². The van der Waals surface area contributed by atoms with Crippen molar-refractivity contribution in [2.24, 2.45) is 0 Å². The van der Waals surface area contributed by atoms with Gasteiger partial charge in [0, 0.05) is 29.5 Å². The molecule has 5 heteroatoms. The molecule has 1 heterocycles. The lowest BCUT2D eigenvalue weighted by atomic mass is 10.0. The number of rotatable bonds is 5. The van der Waals surface area contributed by atoms with Gasteiger partial charge in [-0.1, -0.05) is 24.3 Å². The largest absolute Gasteiger partial charge is 0.326 e. The summed E-state index contributed by atoms with van der Waals surface area (Å²) >= 11 is 0. The average molecular weight is 307 g/mol. The standard InChI is InChI=1S/C18H17N3O2/c1-12-4-2-3-5-15(12)17(22)8-9-18(23)20-14-7-6-13-11-19-21-16(13)10-14/h2-7,10-11H,8-9H2,1H3,(H,19,21)(H,20,23). The van der Waals surface area contributed by atoms with Gasteiger partial charge in [-0.15, -0.1) is 0 Å². The van der Waals surface area contributed by atoms with E-state index in [1.54, 1.807) is 12.3 Å². The fraction of sp³-hybridized carbons (Fsp3) is 0.167. The Balaban J connectivity index is 1.59. The molecule has 2 N–H and O–H groups in total. The lowest BCUT2D eigenvalue weighted by Crippen LogP contribution is -2.13. The molecular weight excluding hydrogens is 290 g/mol. The highest BCUT2D eigenvalue weighted by molar-refractivity contribution is 6.01. The molecule has 2 aromatic carbocycles. The Morgan fingerprint density at radius 2 is 1.96 bits per heavy atom. The molecule has 1 aromatic heterocycles. The SMILES string of the molecule is Cc1ccccc1C(=O)CCC(=O)Nc1ccc2cn[nH]c2c1. The summed E-state index contributed by atoms with van der Waals surface area (Å²) in [5.74, 6) is -0.187. The Bertz CT molecular complexity index is 867. The second-order valence-corrected chi connectivity index (χ2v) is 5.46. The number of aromatic nitrogens is 2. The first-order valence-corrected chi connectivity index (χ1v) is 7.45. The van der Waals surface area contributed by atoms with Crippen LogP contribution in [0.4, 0.5) is 5.69 Å². The molecule has 0 aliphatic rings. The number of Topliss-reactive ketones (excluding diaryl/α,β-unsaturated/α-hetero) is 1. The van der Waals surface area contributed by atoms with Crippen LogP contribution in [0.15, 0.2) is 48.7 Å². The van der Waals surface area contributed by atoms with E-state index in [0.29, 0.717) is 11.3 Å². The predicted octanol–water partition coefficient (Wildman–Crippen LogP) is 3.47. The van der Waals surface area contributed by atoms with Crippen LogP contribution in [0.2, 0.25) is 0 Å². The topological polar surface area (TPSA) is 74.8 Å². The Morgan fingerprint density at radius 3 is 2.78 bits per heavy atom. The van der Waals surface area contributed by atoms with Crippen molar-refractivity contribution in [2.75, 3.05) is 5.32 Å². The van der Waals surface area contributed by atoms with Crippen molar-refractivity contribution in [1.29, 1.82) is 0 Å². The second kappa shape index (κ2) is 6.44. The van der Waals surface area contributed by atoms with E-state index in [1.807, 2.05) is 43.3 Å². The van der Waals surface area contributed by atoms with Crippen LogP contribution in [0, 0.1) is 6.92 Å². The number of hydrogen-bond donors (Lipinski definition) is 2. The van der Waals surface area contributed by atoms with Crippen LogP contribution < -0.4 is 5.32 Å². The molecule has 0 bridgehead atoms. The summed E-state index contributed by atoms with van der Waals surface area (Å²) in [6, 6.07) is 12.9. The third-order valence-electron chi connectivity index (χ3n) is 3.75. The highest BCUT2D eigenvalue weighted by Crippen LogP contribution is 2.17. The summed E-state index contributed by atoms with van der Waals surface area (Å²) in [5.41, 5.74) is 3.16. The molecule has 23 heavy (non-hydrogen) atoms. The lowest BCUT2D eigenvalue weighted by molar-refractivity contribution is -0.116. The van der Waals surface area contributed by atoms with Crippen LogP contribution in [0.3, 0.4) is 0 Å². The fourth-order valence-electron chi connectivity index (χ4n) is 2.49. The number of aryl methyl sites for hydroxylation is 1. The zero-order chi connectivity index (χ0) is 16.2. The van der Waals surface area contributed by atoms with Crippen LogP contribution in [0.1, 0.15) is 28.8 Å². The second-order valence-electron chi connectivity index (χ2n) is 5.46. The number of benzene rings is 2. The fourth-order valence-corrected chi connectivity index (χ4v) is 2.49. The van der Waals surface area contributed by atoms with Gasteiger partial charge < -0.3 is 5.32 Å². The van der Waals surface area contributed by atoms with Crippen LogP contribution in [-0.4, -0.2) is 21.9 Å². The van der Waals surface area contributed by atoms with Gasteiger partial charge in [0.15, 0.2) is 5.78 Å². The monoisotopic (exact) mass is 307 g/mol. The maximum absolute atomic E-state index is 12.2. The van der Waals surface area contributed by atoms with Gasteiger partial charge in [-0.25, -0.2) is 0 Å². The van der Waals surface area contributed by atoms with E-state index in [4.69, 9.17) is 0 Å². The van der Waals surface area contributed by atoms with Gasteiger partial charge in [0.2, 0.25) is 5.91 Å². The normalized spacial score (nSPS) is 10.7. The van der Waals surface area contributed by atoms with E-state index in [-0.39, 0.29) is 24.5 Å². The minimum atomic E-state index is -0.175. The van der Waals surface area contributed by atoms with Gasteiger partial charge in [-0.2, -0.15) is 5.10 Å². The Labute approximate surface area is 133 Å². The molecule has 116 valence electrons. The minimum Gasteiger partial charge on any atom is -0.326 e. The first-order valence-electron chi connectivity index (χ1n) is 7.45. The summed E-state index contributed by atoms with van der Waals surface area (Å²) in [6.07, 6.45) is 2.08. The van der Waals surface area contributed by atoms with Crippen LogP contribution in [0.5, 0.6) is 0 Å². The van der Waals surface area contributed by atoms with Crippen LogP contribution in [0.25, 0.3) is 10.9 Å². The number of hydrogen-bond acceptors (Lipinski definition) is 3. The van der Waals surface area contributed by atoms with Crippen molar-refractivity contribution in [3.8, 4) is 0 Å². The van der Waals surface area contributed by atoms with Gasteiger partial charge in [0.1, 0.15) is 0 Å². The number of ketones is 1. The molecule has 0 aliphatic heterocycles. The number of aromatic amines is 1. The molecule has 5 nitrogen and oxygen atoms in total. The van der Waals surface area contributed by atoms with E-state index >= 15 is 0 Å².